The van der Waals surface area contributed by atoms with Crippen molar-refractivity contribution >= 4 is 13.6 Å². The van der Waals surface area contributed by atoms with Gasteiger partial charge in [0.25, 0.3) is 0 Å². The first kappa shape index (κ1) is 23.1. The van der Waals surface area contributed by atoms with E-state index in [1.165, 1.54) is 5.56 Å². The number of ether oxygens (including phenoxy) is 1. The molecule has 158 valence electrons. The lowest BCUT2D eigenvalue weighted by Gasteiger charge is -2.44. The van der Waals surface area contributed by atoms with Gasteiger partial charge >= 0.3 is 13.6 Å². The van der Waals surface area contributed by atoms with Crippen LogP contribution in [0.5, 0.6) is 0 Å². The van der Waals surface area contributed by atoms with Crippen molar-refractivity contribution < 1.29 is 23.1 Å². The van der Waals surface area contributed by atoms with Crippen molar-refractivity contribution in [2.45, 2.75) is 65.4 Å². The van der Waals surface area contributed by atoms with Crippen LogP contribution in [0.2, 0.25) is 0 Å². The summed E-state index contributed by atoms with van der Waals surface area (Å²) in [5.41, 5.74) is 1.11. The van der Waals surface area contributed by atoms with Gasteiger partial charge in [0.05, 0.1) is 13.2 Å². The summed E-state index contributed by atoms with van der Waals surface area (Å²) in [5, 5.41) is 0. The second-order valence-electron chi connectivity index (χ2n) is 8.25. The minimum Gasteiger partial charge on any atom is -0.462 e. The number of hydrogen-bond donors (Lipinski definition) is 0. The summed E-state index contributed by atoms with van der Waals surface area (Å²) in [4.78, 5) is 12.6. The minimum atomic E-state index is -3.45. The quantitative estimate of drug-likeness (QED) is 0.393. The lowest BCUT2D eigenvalue weighted by molar-refractivity contribution is -0.153. The summed E-state index contributed by atoms with van der Waals surface area (Å²) in [6.07, 6.45) is 2.39. The zero-order valence-corrected chi connectivity index (χ0v) is 18.7. The summed E-state index contributed by atoms with van der Waals surface area (Å²) >= 11 is 0. The summed E-state index contributed by atoms with van der Waals surface area (Å²) in [5.74, 6) is 0.193. The van der Waals surface area contributed by atoms with Crippen LogP contribution >= 0.6 is 7.60 Å². The van der Waals surface area contributed by atoms with Gasteiger partial charge in [-0.25, -0.2) is 0 Å². The Morgan fingerprint density at radius 3 is 2.29 bits per heavy atom. The first-order valence-electron chi connectivity index (χ1n) is 10.3. The molecule has 1 aromatic rings. The first-order chi connectivity index (χ1) is 13.2. The van der Waals surface area contributed by atoms with E-state index in [2.05, 4.69) is 32.9 Å². The zero-order chi connectivity index (χ0) is 20.8. The Morgan fingerprint density at radius 1 is 1.11 bits per heavy atom. The van der Waals surface area contributed by atoms with Crippen LogP contribution in [0, 0.1) is 11.8 Å². The minimum absolute atomic E-state index is 0.129. The monoisotopic (exact) mass is 410 g/mol. The Hall–Kier alpha value is -1.16. The largest absolute Gasteiger partial charge is 0.462 e. The van der Waals surface area contributed by atoms with Crippen LogP contribution in [0.1, 0.15) is 59.4 Å². The number of carbonyl (C=O) groups excluding carboxylic acids is 1. The summed E-state index contributed by atoms with van der Waals surface area (Å²) in [7, 11) is -3.45. The molecule has 28 heavy (non-hydrogen) atoms. The van der Waals surface area contributed by atoms with E-state index < -0.39 is 13.6 Å². The molecule has 3 atom stereocenters. The third-order valence-corrected chi connectivity index (χ3v) is 7.70. The molecule has 0 heterocycles. The summed E-state index contributed by atoms with van der Waals surface area (Å²) in [6.45, 7) is 10.6. The van der Waals surface area contributed by atoms with E-state index in [-0.39, 0.29) is 36.8 Å². The topological polar surface area (TPSA) is 61.8 Å². The molecular weight excluding hydrogens is 375 g/mol. The lowest BCUT2D eigenvalue weighted by Crippen LogP contribution is -2.43. The number of benzene rings is 1. The Bertz CT molecular complexity index is 663. The predicted octanol–water partition coefficient (Wildman–Crippen LogP) is 5.58. The Morgan fingerprint density at radius 2 is 1.71 bits per heavy atom. The van der Waals surface area contributed by atoms with Gasteiger partial charge in [-0.05, 0) is 43.6 Å². The molecule has 1 saturated carbocycles. The van der Waals surface area contributed by atoms with Gasteiger partial charge in [-0.15, -0.1) is 0 Å². The van der Waals surface area contributed by atoms with Crippen molar-refractivity contribution in [3.63, 3.8) is 0 Å². The highest BCUT2D eigenvalue weighted by atomic mass is 31.2. The number of hydrogen-bond acceptors (Lipinski definition) is 5. The molecule has 1 aromatic carbocycles. The lowest BCUT2D eigenvalue weighted by atomic mass is 9.64. The molecule has 1 fully saturated rings. The smallest absolute Gasteiger partial charge is 0.341 e. The molecule has 0 N–H and O–H groups in total. The summed E-state index contributed by atoms with van der Waals surface area (Å²) in [6, 6.07) is 10.4. The molecule has 1 aliphatic carbocycles. The molecule has 0 spiro atoms. The van der Waals surface area contributed by atoms with E-state index in [4.69, 9.17) is 13.8 Å². The molecule has 6 heteroatoms. The van der Waals surface area contributed by atoms with Crippen LogP contribution in [0.4, 0.5) is 0 Å². The molecule has 0 aromatic heterocycles. The summed E-state index contributed by atoms with van der Waals surface area (Å²) < 4.78 is 29.1. The van der Waals surface area contributed by atoms with Gasteiger partial charge in [0, 0.05) is 5.92 Å². The maximum absolute atomic E-state index is 12.7. The highest BCUT2D eigenvalue weighted by Crippen LogP contribution is 2.49. The Kier molecular flexibility index (Phi) is 8.30. The molecule has 0 unspecified atom stereocenters. The maximum Gasteiger partial charge on any atom is 0.341 e. The van der Waals surface area contributed by atoms with E-state index in [1.54, 1.807) is 13.8 Å². The highest BCUT2D eigenvalue weighted by molar-refractivity contribution is 7.54. The van der Waals surface area contributed by atoms with Crippen molar-refractivity contribution in [1.82, 2.24) is 0 Å². The SMILES string of the molecule is CCOP(=O)(CC(=O)O[C@H]1C[C@@H](C)CC[C@@H]1C(C)(C)c1ccccc1)OCC. The fourth-order valence-electron chi connectivity index (χ4n) is 4.25. The molecule has 5 nitrogen and oxygen atoms in total. The number of rotatable bonds is 9. The van der Waals surface area contributed by atoms with Gasteiger partial charge in [-0.1, -0.05) is 57.5 Å². The third-order valence-electron chi connectivity index (χ3n) is 5.76. The number of carbonyl (C=O) groups is 1. The Labute approximate surface area is 169 Å². The second kappa shape index (κ2) is 10.0. The second-order valence-corrected chi connectivity index (χ2v) is 10.3. The van der Waals surface area contributed by atoms with Gasteiger partial charge in [0.1, 0.15) is 12.3 Å². The Balaban J connectivity index is 2.16. The fourth-order valence-corrected chi connectivity index (χ4v) is 5.69. The van der Waals surface area contributed by atoms with E-state index in [9.17, 15) is 9.36 Å². The standard InChI is InChI=1S/C22H35O5P/c1-6-25-28(24,26-7-2)16-21(23)27-20-15-17(3)13-14-19(20)22(4,5)18-11-9-8-10-12-18/h8-12,17,19-20H,6-7,13-16H2,1-5H3/t17-,19-,20-/m0/s1. The number of esters is 1. The van der Waals surface area contributed by atoms with Crippen molar-refractivity contribution in [1.29, 1.82) is 0 Å². The molecule has 0 aliphatic heterocycles. The molecule has 2 rings (SSSR count). The van der Waals surface area contributed by atoms with Gasteiger partial charge in [-0.3, -0.25) is 9.36 Å². The van der Waals surface area contributed by atoms with E-state index >= 15 is 0 Å². The predicted molar refractivity (Wildman–Crippen MR) is 112 cm³/mol. The average molecular weight is 410 g/mol. The molecule has 0 bridgehead atoms. The van der Waals surface area contributed by atoms with E-state index in [0.29, 0.717) is 5.92 Å². The van der Waals surface area contributed by atoms with Crippen molar-refractivity contribution in [3.05, 3.63) is 35.9 Å². The van der Waals surface area contributed by atoms with Crippen LogP contribution in [0.3, 0.4) is 0 Å². The maximum atomic E-state index is 12.7. The van der Waals surface area contributed by atoms with Crippen molar-refractivity contribution in [3.8, 4) is 0 Å². The molecule has 0 saturated heterocycles. The van der Waals surface area contributed by atoms with Crippen LogP contribution in [0.25, 0.3) is 0 Å². The highest BCUT2D eigenvalue weighted by Gasteiger charge is 2.42. The van der Waals surface area contributed by atoms with Crippen LogP contribution in [0.15, 0.2) is 30.3 Å². The average Bonchev–Trinajstić information content (AvgIpc) is 2.62. The third kappa shape index (κ3) is 5.92. The fraction of sp³-hybridized carbons (Fsp3) is 0.682. The van der Waals surface area contributed by atoms with Crippen LogP contribution in [-0.2, 0) is 28.6 Å². The molecule has 0 amide bonds. The normalized spacial score (nSPS) is 23.4. The van der Waals surface area contributed by atoms with Gasteiger partial charge in [0.2, 0.25) is 0 Å². The van der Waals surface area contributed by atoms with Gasteiger partial charge < -0.3 is 13.8 Å². The first-order valence-corrected chi connectivity index (χ1v) is 12.1. The van der Waals surface area contributed by atoms with Crippen molar-refractivity contribution in [2.24, 2.45) is 11.8 Å². The van der Waals surface area contributed by atoms with Gasteiger partial charge in [0.15, 0.2) is 0 Å². The molecule has 1 aliphatic rings. The molecule has 0 radical (unpaired) electrons. The van der Waals surface area contributed by atoms with Gasteiger partial charge in [-0.2, -0.15) is 0 Å². The van der Waals surface area contributed by atoms with E-state index in [1.807, 2.05) is 18.2 Å². The van der Waals surface area contributed by atoms with Crippen LogP contribution in [-0.4, -0.2) is 31.4 Å². The van der Waals surface area contributed by atoms with Crippen LogP contribution < -0.4 is 0 Å². The van der Waals surface area contributed by atoms with E-state index in [0.717, 1.165) is 19.3 Å². The van der Waals surface area contributed by atoms with Crippen molar-refractivity contribution in [2.75, 3.05) is 19.4 Å². The molecular formula is C22H35O5P. The zero-order valence-electron chi connectivity index (χ0n) is 17.8.